The molecule has 0 fully saturated rings. The van der Waals surface area contributed by atoms with Gasteiger partial charge in [0.25, 0.3) is 0 Å². The molecule has 0 spiro atoms. The number of carboxylic acid groups (broad SMARTS) is 2. The topological polar surface area (TPSA) is 80.3 Å². The van der Waals surface area contributed by atoms with Gasteiger partial charge in [0, 0.05) is 0 Å². The van der Waals surface area contributed by atoms with Crippen LogP contribution in [0.3, 0.4) is 0 Å². The van der Waals surface area contributed by atoms with Gasteiger partial charge in [-0.1, -0.05) is 76.4 Å². The number of carbonyl (C=O) groups excluding carboxylic acids is 2. The first-order valence-corrected chi connectivity index (χ1v) is 7.75. The summed E-state index contributed by atoms with van der Waals surface area (Å²) in [5, 5.41) is 19.7. The van der Waals surface area contributed by atoms with Crippen molar-refractivity contribution in [3.8, 4) is 0 Å². The summed E-state index contributed by atoms with van der Waals surface area (Å²) >= 11 is 0. The third-order valence-corrected chi connectivity index (χ3v) is 2.87. The summed E-state index contributed by atoms with van der Waals surface area (Å²) in [6.45, 7) is 13.9. The third kappa shape index (κ3) is 14.3. The molecule has 4 nitrogen and oxygen atoms in total. The average Bonchev–Trinajstić information content (AvgIpc) is 2.60. The van der Waals surface area contributed by atoms with Crippen molar-refractivity contribution in [2.75, 3.05) is 0 Å². The summed E-state index contributed by atoms with van der Waals surface area (Å²) < 4.78 is 0. The van der Waals surface area contributed by atoms with Crippen molar-refractivity contribution in [1.82, 2.24) is 0 Å². The Morgan fingerprint density at radius 2 is 1.50 bits per heavy atom. The zero-order valence-corrected chi connectivity index (χ0v) is 14.5. The van der Waals surface area contributed by atoms with Crippen molar-refractivity contribution in [3.05, 3.63) is 66.8 Å². The highest BCUT2D eigenvalue weighted by Gasteiger charge is 1.91. The fourth-order valence-electron chi connectivity index (χ4n) is 1.23. The summed E-state index contributed by atoms with van der Waals surface area (Å²) in [5.41, 5.74) is 1.53. The van der Waals surface area contributed by atoms with Crippen molar-refractivity contribution < 1.29 is 19.8 Å². The van der Waals surface area contributed by atoms with Crippen LogP contribution in [-0.2, 0) is 9.59 Å². The Hall–Kier alpha value is -2.62. The van der Waals surface area contributed by atoms with E-state index in [1.54, 1.807) is 6.92 Å². The maximum Gasteiger partial charge on any atom is 0.0668 e. The number of aliphatic carboxylic acids is 2. The second-order valence-corrected chi connectivity index (χ2v) is 4.85. The van der Waals surface area contributed by atoms with E-state index >= 15 is 0 Å². The van der Waals surface area contributed by atoms with Crippen LogP contribution in [0, 0.1) is 0 Å². The lowest BCUT2D eigenvalue weighted by Crippen LogP contribution is -2.23. The van der Waals surface area contributed by atoms with Gasteiger partial charge in [-0.3, -0.25) is 0 Å². The Labute approximate surface area is 144 Å². The number of rotatable bonds is 7. The van der Waals surface area contributed by atoms with Gasteiger partial charge in [0.05, 0.1) is 11.9 Å². The van der Waals surface area contributed by atoms with Gasteiger partial charge in [0.2, 0.25) is 0 Å². The number of carbonyl (C=O) groups is 2. The van der Waals surface area contributed by atoms with Crippen molar-refractivity contribution in [3.63, 3.8) is 0 Å². The van der Waals surface area contributed by atoms with Crippen LogP contribution in [0.5, 0.6) is 0 Å². The van der Waals surface area contributed by atoms with Gasteiger partial charge < -0.3 is 19.8 Å². The molecule has 4 heteroatoms. The zero-order valence-electron chi connectivity index (χ0n) is 14.5. The summed E-state index contributed by atoms with van der Waals surface area (Å²) in [4.78, 5) is 19.7. The maximum atomic E-state index is 9.99. The standard InChI is InChI=1S/C8H8.C7H12O2.C5H8O2/c1-2-8-6-4-3-5-7-8;1-3-4-5-6(2)7(8)9;1-3-4(2)5(6)7/h2-7H,1H2;2-5H2,1H3,(H,8,9);2-3H2,1H3,(H,6,7)/p-2. The molecule has 0 heterocycles. The molecule has 0 aliphatic heterocycles. The van der Waals surface area contributed by atoms with Gasteiger partial charge >= 0.3 is 0 Å². The highest BCUT2D eigenvalue weighted by molar-refractivity contribution is 5.83. The first-order valence-electron chi connectivity index (χ1n) is 7.75. The highest BCUT2D eigenvalue weighted by Crippen LogP contribution is 2.02. The van der Waals surface area contributed by atoms with Crippen molar-refractivity contribution in [2.24, 2.45) is 0 Å². The molecule has 0 saturated heterocycles. The van der Waals surface area contributed by atoms with Crippen LogP contribution in [0.15, 0.2) is 61.2 Å². The molecule has 0 amide bonds. The highest BCUT2D eigenvalue weighted by atomic mass is 16.4. The van der Waals surface area contributed by atoms with E-state index < -0.39 is 11.9 Å². The summed E-state index contributed by atoms with van der Waals surface area (Å²) in [7, 11) is 0. The SMILES string of the molecule is C=C(CC)C(=O)[O-].C=C(CCCC)C(=O)[O-].C=Cc1ccccc1. The largest absolute Gasteiger partial charge is 0.545 e. The number of unbranched alkanes of at least 4 members (excludes halogenated alkanes) is 1. The molecule has 0 bridgehead atoms. The molecule has 0 aliphatic carbocycles. The summed E-state index contributed by atoms with van der Waals surface area (Å²) in [6.07, 6.45) is 4.72. The molecule has 132 valence electrons. The van der Waals surface area contributed by atoms with E-state index in [1.165, 1.54) is 5.56 Å². The van der Waals surface area contributed by atoms with Gasteiger partial charge in [-0.15, -0.1) is 0 Å². The van der Waals surface area contributed by atoms with Crippen molar-refractivity contribution in [2.45, 2.75) is 39.5 Å². The Bertz CT molecular complexity index is 530. The summed E-state index contributed by atoms with van der Waals surface area (Å²) in [5.74, 6) is -2.27. The normalized spacial score (nSPS) is 8.58. The first kappa shape index (κ1) is 23.6. The Morgan fingerprint density at radius 3 is 1.75 bits per heavy atom. The second kappa shape index (κ2) is 15.3. The molecule has 0 aliphatic rings. The molecule has 0 radical (unpaired) electrons. The number of carboxylic acids is 2. The van der Waals surface area contributed by atoms with Crippen LogP contribution >= 0.6 is 0 Å². The van der Waals surface area contributed by atoms with Gasteiger partial charge in [-0.2, -0.15) is 0 Å². The minimum absolute atomic E-state index is 0.153. The molecule has 0 saturated carbocycles. The van der Waals surface area contributed by atoms with E-state index in [2.05, 4.69) is 19.7 Å². The van der Waals surface area contributed by atoms with E-state index in [0.717, 1.165) is 12.8 Å². The van der Waals surface area contributed by atoms with Crippen LogP contribution < -0.4 is 10.2 Å². The lowest BCUT2D eigenvalue weighted by Gasteiger charge is -2.03. The fourth-order valence-corrected chi connectivity index (χ4v) is 1.23. The third-order valence-electron chi connectivity index (χ3n) is 2.87. The van der Waals surface area contributed by atoms with Crippen molar-refractivity contribution >= 4 is 18.0 Å². The molecular formula is C20H26O4-2. The van der Waals surface area contributed by atoms with Crippen LogP contribution in [-0.4, -0.2) is 11.9 Å². The van der Waals surface area contributed by atoms with E-state index in [9.17, 15) is 19.8 Å². The second-order valence-electron chi connectivity index (χ2n) is 4.85. The van der Waals surface area contributed by atoms with Gasteiger partial charge in [0.1, 0.15) is 0 Å². The quantitative estimate of drug-likeness (QED) is 0.719. The predicted octanol–water partition coefficient (Wildman–Crippen LogP) is 2.51. The number of hydrogen-bond acceptors (Lipinski definition) is 4. The van der Waals surface area contributed by atoms with Gasteiger partial charge in [-0.25, -0.2) is 0 Å². The predicted molar refractivity (Wildman–Crippen MR) is 94.6 cm³/mol. The smallest absolute Gasteiger partial charge is 0.0668 e. The molecule has 0 atom stereocenters. The van der Waals surface area contributed by atoms with E-state index in [4.69, 9.17) is 0 Å². The number of hydrogen-bond donors (Lipinski definition) is 0. The Morgan fingerprint density at radius 1 is 1.00 bits per heavy atom. The van der Waals surface area contributed by atoms with Crippen molar-refractivity contribution in [1.29, 1.82) is 0 Å². The average molecular weight is 330 g/mol. The monoisotopic (exact) mass is 330 g/mol. The molecule has 1 rings (SSSR count). The van der Waals surface area contributed by atoms with Gasteiger partial charge in [-0.05, 0) is 36.0 Å². The maximum absolute atomic E-state index is 9.99. The lowest BCUT2D eigenvalue weighted by atomic mass is 10.1. The first-order chi connectivity index (χ1) is 11.3. The minimum atomic E-state index is -1.15. The van der Waals surface area contributed by atoms with E-state index in [-0.39, 0.29) is 11.1 Å². The van der Waals surface area contributed by atoms with Crippen LogP contribution in [0.25, 0.3) is 6.08 Å². The molecule has 0 unspecified atom stereocenters. The Kier molecular flexibility index (Phi) is 15.1. The molecule has 0 aromatic heterocycles. The van der Waals surface area contributed by atoms with Crippen LogP contribution in [0.4, 0.5) is 0 Å². The zero-order chi connectivity index (χ0) is 19.0. The molecule has 0 N–H and O–H groups in total. The van der Waals surface area contributed by atoms with E-state index in [0.29, 0.717) is 12.8 Å². The molecule has 1 aromatic rings. The lowest BCUT2D eigenvalue weighted by molar-refractivity contribution is -0.300. The summed E-state index contributed by atoms with van der Waals surface area (Å²) in [6, 6.07) is 10.0. The van der Waals surface area contributed by atoms with Crippen LogP contribution in [0.2, 0.25) is 0 Å². The van der Waals surface area contributed by atoms with Crippen LogP contribution in [0.1, 0.15) is 45.1 Å². The fraction of sp³-hybridized carbons (Fsp3) is 0.300. The molecular weight excluding hydrogens is 304 g/mol. The Balaban J connectivity index is 0. The number of benzene rings is 1. The molecule has 1 aromatic carbocycles. The molecule has 24 heavy (non-hydrogen) atoms. The van der Waals surface area contributed by atoms with E-state index in [1.807, 2.05) is 43.3 Å². The minimum Gasteiger partial charge on any atom is -0.545 e. The van der Waals surface area contributed by atoms with Gasteiger partial charge in [0.15, 0.2) is 0 Å².